The average Bonchev–Trinajstić information content (AvgIpc) is 2.92. The van der Waals surface area contributed by atoms with E-state index in [0.717, 1.165) is 28.6 Å². The molecule has 1 fully saturated rings. The molecule has 0 aromatic heterocycles. The molecule has 2 unspecified atom stereocenters. The van der Waals surface area contributed by atoms with Gasteiger partial charge in [-0.1, -0.05) is 37.3 Å². The predicted octanol–water partition coefficient (Wildman–Crippen LogP) is 4.90. The first kappa shape index (κ1) is 27.1. The van der Waals surface area contributed by atoms with Gasteiger partial charge in [0.05, 0.1) is 21.5 Å². The Bertz CT molecular complexity index is 1360. The van der Waals surface area contributed by atoms with E-state index in [1.54, 1.807) is 18.2 Å². The zero-order valence-corrected chi connectivity index (χ0v) is 22.3. The van der Waals surface area contributed by atoms with Crippen molar-refractivity contribution in [3.05, 3.63) is 94.5 Å². The number of amides is 1. The van der Waals surface area contributed by atoms with Gasteiger partial charge in [0, 0.05) is 30.9 Å². The monoisotopic (exact) mass is 536 g/mol. The molecule has 0 aliphatic carbocycles. The smallest absolute Gasteiger partial charge is 0.269 e. The molecule has 1 saturated heterocycles. The van der Waals surface area contributed by atoms with E-state index in [2.05, 4.69) is 29.3 Å². The average molecular weight is 537 g/mol. The summed E-state index contributed by atoms with van der Waals surface area (Å²) < 4.78 is 27.9. The number of sulfonamides is 1. The molecule has 0 radical (unpaired) electrons. The highest BCUT2D eigenvalue weighted by Crippen LogP contribution is 2.27. The number of hydrogen-bond acceptors (Lipinski definition) is 6. The maximum atomic E-state index is 13.5. The Morgan fingerprint density at radius 1 is 1.08 bits per heavy atom. The summed E-state index contributed by atoms with van der Waals surface area (Å²) in [6, 6.07) is 20.6. The van der Waals surface area contributed by atoms with E-state index in [1.807, 2.05) is 19.1 Å². The molecule has 4 rings (SSSR count). The number of nitrogens with zero attached hydrogens (tertiary/aromatic N) is 3. The fraction of sp³-hybridized carbons (Fsp3) is 0.321. The maximum absolute atomic E-state index is 13.5. The second-order valence-corrected chi connectivity index (χ2v) is 11.5. The molecule has 0 spiro atoms. The first-order valence-corrected chi connectivity index (χ1v) is 14.1. The highest BCUT2D eigenvalue weighted by Gasteiger charge is 2.28. The van der Waals surface area contributed by atoms with Crippen molar-refractivity contribution < 1.29 is 18.1 Å². The molecule has 1 amide bonds. The fourth-order valence-corrected chi connectivity index (χ4v) is 6.12. The van der Waals surface area contributed by atoms with Crippen LogP contribution in [0.25, 0.3) is 0 Å². The molecule has 1 heterocycles. The standard InChI is InChI=1S/C28H32N4O5S/c1-21-7-6-18-30(19-21)24-12-10-23(11-13-24)22(2)29-28(33)20-31(25-14-16-26(17-15-25)32(34)35)38(36,37)27-8-4-3-5-9-27/h3-5,8-17,21-22H,6-7,18-20H2,1-2H3,(H,29,33). The van der Waals surface area contributed by atoms with Crippen LogP contribution in [0, 0.1) is 16.0 Å². The van der Waals surface area contributed by atoms with Crippen LogP contribution in [-0.4, -0.2) is 38.9 Å². The van der Waals surface area contributed by atoms with E-state index in [1.165, 1.54) is 49.2 Å². The van der Waals surface area contributed by atoms with Crippen molar-refractivity contribution in [3.63, 3.8) is 0 Å². The topological polar surface area (TPSA) is 113 Å². The summed E-state index contributed by atoms with van der Waals surface area (Å²) in [7, 11) is -4.11. The molecule has 1 aliphatic rings. The van der Waals surface area contributed by atoms with Gasteiger partial charge in [0.1, 0.15) is 6.54 Å². The van der Waals surface area contributed by atoms with Crippen LogP contribution in [0.1, 0.15) is 38.3 Å². The zero-order chi connectivity index (χ0) is 27.3. The lowest BCUT2D eigenvalue weighted by Crippen LogP contribution is -2.41. The molecule has 9 nitrogen and oxygen atoms in total. The minimum absolute atomic E-state index is 0.0156. The van der Waals surface area contributed by atoms with Crippen LogP contribution in [0.3, 0.4) is 0 Å². The number of carbonyl (C=O) groups excluding carboxylic acids is 1. The Kier molecular flexibility index (Phi) is 8.31. The molecular formula is C28H32N4O5S. The van der Waals surface area contributed by atoms with E-state index < -0.39 is 27.4 Å². The Morgan fingerprint density at radius 3 is 2.34 bits per heavy atom. The third kappa shape index (κ3) is 6.31. The number of benzene rings is 3. The van der Waals surface area contributed by atoms with E-state index in [9.17, 15) is 23.3 Å². The van der Waals surface area contributed by atoms with Crippen LogP contribution in [0.15, 0.2) is 83.8 Å². The number of nitro benzene ring substituents is 1. The molecule has 3 aromatic rings. The summed E-state index contributed by atoms with van der Waals surface area (Å²) in [5.74, 6) is 0.164. The summed E-state index contributed by atoms with van der Waals surface area (Å²) >= 11 is 0. The van der Waals surface area contributed by atoms with Crippen molar-refractivity contribution in [3.8, 4) is 0 Å². The van der Waals surface area contributed by atoms with Gasteiger partial charge >= 0.3 is 0 Å². The van der Waals surface area contributed by atoms with Crippen LogP contribution in [0.2, 0.25) is 0 Å². The van der Waals surface area contributed by atoms with Gasteiger partial charge in [0.2, 0.25) is 5.91 Å². The zero-order valence-electron chi connectivity index (χ0n) is 21.5. The van der Waals surface area contributed by atoms with Gasteiger partial charge in [-0.15, -0.1) is 0 Å². The van der Waals surface area contributed by atoms with E-state index in [4.69, 9.17) is 0 Å². The summed E-state index contributed by atoms with van der Waals surface area (Å²) in [4.78, 5) is 26.0. The minimum Gasteiger partial charge on any atom is -0.371 e. The fourth-order valence-electron chi connectivity index (χ4n) is 4.67. The Morgan fingerprint density at radius 2 is 1.74 bits per heavy atom. The summed E-state index contributed by atoms with van der Waals surface area (Å²) in [5.41, 5.74) is 2.03. The van der Waals surface area contributed by atoms with Gasteiger partial charge in [-0.05, 0) is 67.6 Å². The normalized spacial score (nSPS) is 16.5. The van der Waals surface area contributed by atoms with Gasteiger partial charge in [-0.3, -0.25) is 19.2 Å². The van der Waals surface area contributed by atoms with Gasteiger partial charge in [0.15, 0.2) is 0 Å². The van der Waals surface area contributed by atoms with Crippen LogP contribution in [-0.2, 0) is 14.8 Å². The van der Waals surface area contributed by atoms with Gasteiger partial charge < -0.3 is 10.2 Å². The van der Waals surface area contributed by atoms with Crippen molar-refractivity contribution in [2.45, 2.75) is 37.6 Å². The minimum atomic E-state index is -4.11. The van der Waals surface area contributed by atoms with Gasteiger partial charge in [-0.2, -0.15) is 0 Å². The lowest BCUT2D eigenvalue weighted by molar-refractivity contribution is -0.384. The SMILES string of the molecule is CC1CCCN(c2ccc(C(C)NC(=O)CN(c3ccc([N+](=O)[O-])cc3)S(=O)(=O)c3ccccc3)cc2)C1. The molecule has 2 atom stereocenters. The molecule has 0 bridgehead atoms. The Balaban J connectivity index is 1.50. The molecule has 3 aromatic carbocycles. The van der Waals surface area contributed by atoms with Gasteiger partial charge in [-0.25, -0.2) is 8.42 Å². The number of carbonyl (C=O) groups is 1. The number of non-ortho nitro benzene ring substituents is 1. The largest absolute Gasteiger partial charge is 0.371 e. The van der Waals surface area contributed by atoms with Crippen molar-refractivity contribution in [1.82, 2.24) is 5.32 Å². The van der Waals surface area contributed by atoms with E-state index in [-0.39, 0.29) is 22.3 Å². The lowest BCUT2D eigenvalue weighted by Gasteiger charge is -2.33. The molecule has 1 aliphatic heterocycles. The molecule has 10 heteroatoms. The first-order valence-electron chi connectivity index (χ1n) is 12.6. The predicted molar refractivity (Wildman–Crippen MR) is 148 cm³/mol. The number of nitro groups is 1. The number of anilines is 2. The maximum Gasteiger partial charge on any atom is 0.269 e. The Hall–Kier alpha value is -3.92. The third-order valence-electron chi connectivity index (χ3n) is 6.76. The van der Waals surface area contributed by atoms with Crippen LogP contribution in [0.4, 0.5) is 17.1 Å². The van der Waals surface area contributed by atoms with Crippen molar-refractivity contribution in [2.24, 2.45) is 5.92 Å². The quantitative estimate of drug-likeness (QED) is 0.307. The van der Waals surface area contributed by atoms with Gasteiger partial charge in [0.25, 0.3) is 15.7 Å². The molecule has 1 N–H and O–H groups in total. The summed E-state index contributed by atoms with van der Waals surface area (Å²) in [6.45, 7) is 5.68. The number of piperidine rings is 1. The van der Waals surface area contributed by atoms with Crippen LogP contribution >= 0.6 is 0 Å². The second kappa shape index (κ2) is 11.6. The Labute approximate surface area is 223 Å². The van der Waals surface area contributed by atoms with E-state index >= 15 is 0 Å². The summed E-state index contributed by atoms with van der Waals surface area (Å²) in [5, 5.41) is 14.0. The number of hydrogen-bond donors (Lipinski definition) is 1. The van der Waals surface area contributed by atoms with E-state index in [0.29, 0.717) is 5.92 Å². The molecular weight excluding hydrogens is 504 g/mol. The second-order valence-electron chi connectivity index (χ2n) is 9.67. The lowest BCUT2D eigenvalue weighted by atomic mass is 9.99. The molecule has 200 valence electrons. The molecule has 38 heavy (non-hydrogen) atoms. The van der Waals surface area contributed by atoms with Crippen molar-refractivity contribution in [2.75, 3.05) is 28.8 Å². The number of rotatable bonds is 9. The highest BCUT2D eigenvalue weighted by atomic mass is 32.2. The molecule has 0 saturated carbocycles. The summed E-state index contributed by atoms with van der Waals surface area (Å²) in [6.07, 6.45) is 2.42. The highest BCUT2D eigenvalue weighted by molar-refractivity contribution is 7.92. The first-order chi connectivity index (χ1) is 18.1. The van der Waals surface area contributed by atoms with Crippen LogP contribution in [0.5, 0.6) is 0 Å². The van der Waals surface area contributed by atoms with Crippen LogP contribution < -0.4 is 14.5 Å². The third-order valence-corrected chi connectivity index (χ3v) is 8.55. The van der Waals surface area contributed by atoms with Crippen molar-refractivity contribution in [1.29, 1.82) is 0 Å². The number of nitrogens with one attached hydrogen (secondary N) is 1. The van der Waals surface area contributed by atoms with Crippen molar-refractivity contribution >= 4 is 33.0 Å².